The van der Waals surface area contributed by atoms with Crippen LogP contribution in [0.25, 0.3) is 0 Å². The third kappa shape index (κ3) is 2.77. The van der Waals surface area contributed by atoms with Crippen LogP contribution in [0, 0.1) is 0 Å². The van der Waals surface area contributed by atoms with Crippen LogP contribution in [-0.4, -0.2) is 27.0 Å². The maximum atomic E-state index is 5.74. The van der Waals surface area contributed by atoms with Crippen molar-refractivity contribution >= 4 is 34.8 Å². The smallest absolute Gasteiger partial charge is 0.229 e. The third-order valence-electron chi connectivity index (χ3n) is 1.74. The van der Waals surface area contributed by atoms with E-state index in [-0.39, 0.29) is 5.28 Å². The van der Waals surface area contributed by atoms with Gasteiger partial charge in [-0.05, 0) is 11.6 Å². The van der Waals surface area contributed by atoms with Crippen LogP contribution in [0.1, 0.15) is 4.88 Å². The first-order valence-corrected chi connectivity index (χ1v) is 5.74. The summed E-state index contributed by atoms with van der Waals surface area (Å²) in [5.74, 6) is 0.879. The molecule has 0 saturated carbocycles. The molecule has 2 heterocycles. The molecule has 0 aliphatic heterocycles. The quantitative estimate of drug-likeness (QED) is 0.866. The van der Waals surface area contributed by atoms with Crippen LogP contribution >= 0.6 is 22.9 Å². The van der Waals surface area contributed by atoms with Crippen LogP contribution < -0.4 is 10.6 Å². The van der Waals surface area contributed by atoms with Gasteiger partial charge in [-0.1, -0.05) is 0 Å². The lowest BCUT2D eigenvalue weighted by atomic mass is 10.5. The summed E-state index contributed by atoms with van der Waals surface area (Å²) in [5, 5.41) is 6.01. The van der Waals surface area contributed by atoms with Crippen molar-refractivity contribution in [3.8, 4) is 0 Å². The van der Waals surface area contributed by atoms with Gasteiger partial charge in [0.2, 0.25) is 17.2 Å². The average molecular weight is 257 g/mol. The Morgan fingerprint density at radius 3 is 2.81 bits per heavy atom. The van der Waals surface area contributed by atoms with Crippen LogP contribution in [0.15, 0.2) is 11.7 Å². The largest absolute Gasteiger partial charge is 0.357 e. The molecule has 0 bridgehead atoms. The van der Waals surface area contributed by atoms with E-state index in [2.05, 4.69) is 30.6 Å². The zero-order chi connectivity index (χ0) is 11.4. The molecule has 0 spiro atoms. The summed E-state index contributed by atoms with van der Waals surface area (Å²) < 4.78 is 0. The van der Waals surface area contributed by atoms with Crippen molar-refractivity contribution in [1.82, 2.24) is 19.9 Å². The molecule has 0 saturated heterocycles. The molecule has 0 unspecified atom stereocenters. The highest BCUT2D eigenvalue weighted by Gasteiger charge is 2.03. The second-order valence-corrected chi connectivity index (χ2v) is 4.13. The van der Waals surface area contributed by atoms with E-state index in [1.807, 2.05) is 0 Å². The first-order chi connectivity index (χ1) is 7.78. The van der Waals surface area contributed by atoms with Crippen LogP contribution in [0.2, 0.25) is 5.28 Å². The van der Waals surface area contributed by atoms with Gasteiger partial charge in [0, 0.05) is 18.1 Å². The maximum absolute atomic E-state index is 5.74. The van der Waals surface area contributed by atoms with E-state index in [0.717, 1.165) is 4.88 Å². The van der Waals surface area contributed by atoms with Crippen molar-refractivity contribution in [2.75, 3.05) is 17.7 Å². The molecule has 84 valence electrons. The van der Waals surface area contributed by atoms with E-state index in [1.165, 1.54) is 0 Å². The van der Waals surface area contributed by atoms with Gasteiger partial charge in [0.15, 0.2) is 0 Å². The summed E-state index contributed by atoms with van der Waals surface area (Å²) in [6.45, 7) is 0.619. The maximum Gasteiger partial charge on any atom is 0.229 e. The van der Waals surface area contributed by atoms with E-state index in [0.29, 0.717) is 18.4 Å². The standard InChI is InChI=1S/C8H9ClN6S/c1-10-7-13-6(9)14-8(15-7)12-3-5-2-11-4-16-5/h2,4H,3H2,1H3,(H2,10,12,13,14,15). The molecule has 8 heteroatoms. The Kier molecular flexibility index (Phi) is 3.47. The lowest BCUT2D eigenvalue weighted by Crippen LogP contribution is -2.06. The number of hydrogen-bond donors (Lipinski definition) is 2. The predicted octanol–water partition coefficient (Wildman–Crippen LogP) is 1.64. The zero-order valence-electron chi connectivity index (χ0n) is 8.44. The number of anilines is 2. The molecule has 0 aliphatic carbocycles. The fraction of sp³-hybridized carbons (Fsp3) is 0.250. The van der Waals surface area contributed by atoms with Gasteiger partial charge in [0.05, 0.1) is 12.1 Å². The van der Waals surface area contributed by atoms with E-state index in [1.54, 1.807) is 30.1 Å². The molecule has 0 atom stereocenters. The Bertz CT molecular complexity index is 460. The molecular formula is C8H9ClN6S. The lowest BCUT2D eigenvalue weighted by molar-refractivity contribution is 1.01. The van der Waals surface area contributed by atoms with Crippen LogP contribution in [0.3, 0.4) is 0 Å². The van der Waals surface area contributed by atoms with Gasteiger partial charge in [-0.25, -0.2) is 0 Å². The summed E-state index contributed by atoms with van der Waals surface area (Å²) in [6.07, 6.45) is 1.79. The van der Waals surface area contributed by atoms with E-state index in [9.17, 15) is 0 Å². The fourth-order valence-corrected chi connectivity index (χ4v) is 1.73. The molecule has 0 radical (unpaired) electrons. The molecule has 0 aliphatic rings. The molecule has 0 aromatic carbocycles. The highest BCUT2D eigenvalue weighted by molar-refractivity contribution is 7.09. The van der Waals surface area contributed by atoms with Crippen molar-refractivity contribution in [3.63, 3.8) is 0 Å². The summed E-state index contributed by atoms with van der Waals surface area (Å²) >= 11 is 7.30. The minimum Gasteiger partial charge on any atom is -0.357 e. The summed E-state index contributed by atoms with van der Waals surface area (Å²) in [6, 6.07) is 0. The molecule has 6 nitrogen and oxygen atoms in total. The normalized spacial score (nSPS) is 10.1. The van der Waals surface area contributed by atoms with Crippen LogP contribution in [-0.2, 0) is 6.54 Å². The molecule has 2 rings (SSSR count). The summed E-state index contributed by atoms with van der Waals surface area (Å²) in [4.78, 5) is 17.0. The van der Waals surface area contributed by atoms with Crippen molar-refractivity contribution in [3.05, 3.63) is 21.9 Å². The van der Waals surface area contributed by atoms with E-state index in [4.69, 9.17) is 11.6 Å². The second-order valence-electron chi connectivity index (χ2n) is 2.82. The van der Waals surface area contributed by atoms with Gasteiger partial charge in [-0.15, -0.1) is 11.3 Å². The topological polar surface area (TPSA) is 75.6 Å². The van der Waals surface area contributed by atoms with Gasteiger partial charge >= 0.3 is 0 Å². The number of aromatic nitrogens is 4. The predicted molar refractivity (Wildman–Crippen MR) is 63.8 cm³/mol. The van der Waals surface area contributed by atoms with Crippen molar-refractivity contribution < 1.29 is 0 Å². The van der Waals surface area contributed by atoms with E-state index < -0.39 is 0 Å². The van der Waals surface area contributed by atoms with Gasteiger partial charge in [0.25, 0.3) is 0 Å². The zero-order valence-corrected chi connectivity index (χ0v) is 10.0. The minimum atomic E-state index is 0.158. The highest BCUT2D eigenvalue weighted by atomic mass is 35.5. The minimum absolute atomic E-state index is 0.158. The number of nitrogens with zero attached hydrogens (tertiary/aromatic N) is 4. The van der Waals surface area contributed by atoms with Crippen molar-refractivity contribution in [2.24, 2.45) is 0 Å². The molecule has 16 heavy (non-hydrogen) atoms. The number of thiazole rings is 1. The molecule has 2 N–H and O–H groups in total. The Labute approximate surface area is 101 Å². The molecule has 2 aromatic heterocycles. The number of halogens is 1. The van der Waals surface area contributed by atoms with Gasteiger partial charge in [0.1, 0.15) is 0 Å². The second kappa shape index (κ2) is 5.04. The van der Waals surface area contributed by atoms with Crippen LogP contribution in [0.5, 0.6) is 0 Å². The first kappa shape index (κ1) is 11.0. The number of rotatable bonds is 4. The Hall–Kier alpha value is -1.47. The summed E-state index contributed by atoms with van der Waals surface area (Å²) in [7, 11) is 1.72. The van der Waals surface area contributed by atoms with Gasteiger partial charge < -0.3 is 10.6 Å². The monoisotopic (exact) mass is 256 g/mol. The molecule has 0 fully saturated rings. The number of hydrogen-bond acceptors (Lipinski definition) is 7. The van der Waals surface area contributed by atoms with Gasteiger partial charge in [-0.3, -0.25) is 4.98 Å². The van der Waals surface area contributed by atoms with Gasteiger partial charge in [-0.2, -0.15) is 15.0 Å². The summed E-state index contributed by atoms with van der Waals surface area (Å²) in [5.41, 5.74) is 1.77. The number of nitrogens with one attached hydrogen (secondary N) is 2. The Morgan fingerprint density at radius 1 is 1.31 bits per heavy atom. The lowest BCUT2D eigenvalue weighted by Gasteiger charge is -2.04. The Balaban J connectivity index is 2.06. The van der Waals surface area contributed by atoms with Crippen molar-refractivity contribution in [2.45, 2.75) is 6.54 Å². The SMILES string of the molecule is CNc1nc(Cl)nc(NCc2cncs2)n1. The Morgan fingerprint density at radius 2 is 2.12 bits per heavy atom. The van der Waals surface area contributed by atoms with E-state index >= 15 is 0 Å². The molecule has 0 amide bonds. The first-order valence-electron chi connectivity index (χ1n) is 4.48. The highest BCUT2D eigenvalue weighted by Crippen LogP contribution is 2.11. The average Bonchev–Trinajstić information content (AvgIpc) is 2.78. The molecular weight excluding hydrogens is 248 g/mol. The van der Waals surface area contributed by atoms with Crippen LogP contribution in [0.4, 0.5) is 11.9 Å². The third-order valence-corrected chi connectivity index (χ3v) is 2.68. The van der Waals surface area contributed by atoms with Crippen molar-refractivity contribution in [1.29, 1.82) is 0 Å². The fourth-order valence-electron chi connectivity index (χ4n) is 1.04. The molecule has 2 aromatic rings.